The molecule has 0 aromatic heterocycles. The third kappa shape index (κ3) is 5.64. The summed E-state index contributed by atoms with van der Waals surface area (Å²) in [5.41, 5.74) is 1.24. The normalized spacial score (nSPS) is 19.7. The summed E-state index contributed by atoms with van der Waals surface area (Å²) in [7, 11) is 3.08. The Balaban J connectivity index is 1.37. The van der Waals surface area contributed by atoms with Gasteiger partial charge in [-0.3, -0.25) is 4.79 Å². The molecule has 206 valence electrons. The first-order valence-electron chi connectivity index (χ1n) is 12.9. The van der Waals surface area contributed by atoms with Crippen LogP contribution in [0.3, 0.4) is 0 Å². The molecule has 39 heavy (non-hydrogen) atoms. The Bertz CT molecular complexity index is 1310. The van der Waals surface area contributed by atoms with Gasteiger partial charge in [-0.05, 0) is 81.2 Å². The average Bonchev–Trinajstić information content (AvgIpc) is 2.94. The number of urea groups is 1. The number of likely N-dealkylation sites (N-methyl/N-ethyl adjacent to an activating group) is 1. The predicted octanol–water partition coefficient (Wildman–Crippen LogP) is 4.48. The number of hydrogen-bond acceptors (Lipinski definition) is 4. The van der Waals surface area contributed by atoms with E-state index in [2.05, 4.69) is 16.3 Å². The Kier molecular flexibility index (Phi) is 8.31. The minimum atomic E-state index is -1.05. The quantitative estimate of drug-likeness (QED) is 0.527. The van der Waals surface area contributed by atoms with Crippen LogP contribution in [0.15, 0.2) is 53.7 Å². The third-order valence-electron chi connectivity index (χ3n) is 7.90. The number of amides is 3. The van der Waals surface area contributed by atoms with Crippen LogP contribution in [0.4, 0.5) is 18.0 Å². The molecule has 0 aliphatic carbocycles. The molecule has 3 amide bonds. The molecule has 2 heterocycles. The molecular formula is C29H32F3N5O2. The number of nitriles is 1. The van der Waals surface area contributed by atoms with Gasteiger partial charge in [0, 0.05) is 26.3 Å². The molecule has 0 radical (unpaired) electrons. The number of rotatable bonds is 7. The fourth-order valence-electron chi connectivity index (χ4n) is 5.42. The molecule has 1 saturated heterocycles. The van der Waals surface area contributed by atoms with Crippen molar-refractivity contribution in [1.82, 2.24) is 20.0 Å². The minimum Gasteiger partial charge on any atom is -0.352 e. The number of likely N-dealkylation sites (tertiary alicyclic amines) is 1. The molecule has 2 aromatic carbocycles. The maximum Gasteiger partial charge on any atom is 0.324 e. The first-order chi connectivity index (χ1) is 18.6. The highest BCUT2D eigenvalue weighted by Gasteiger charge is 2.39. The van der Waals surface area contributed by atoms with Crippen LogP contribution in [0.5, 0.6) is 0 Å². The van der Waals surface area contributed by atoms with Gasteiger partial charge in [-0.1, -0.05) is 18.2 Å². The number of nitrogens with one attached hydrogen (secondary N) is 1. The first-order valence-corrected chi connectivity index (χ1v) is 12.9. The lowest BCUT2D eigenvalue weighted by atomic mass is 9.74. The Morgan fingerprint density at radius 1 is 1.08 bits per heavy atom. The monoisotopic (exact) mass is 539 g/mol. The molecule has 0 saturated carbocycles. The summed E-state index contributed by atoms with van der Waals surface area (Å²) in [5.74, 6) is -2.76. The number of piperidine rings is 1. The van der Waals surface area contributed by atoms with Crippen molar-refractivity contribution in [2.75, 3.05) is 40.3 Å². The van der Waals surface area contributed by atoms with Gasteiger partial charge >= 0.3 is 6.03 Å². The lowest BCUT2D eigenvalue weighted by molar-refractivity contribution is -0.118. The topological polar surface area (TPSA) is 79.7 Å². The van der Waals surface area contributed by atoms with Gasteiger partial charge in [-0.25, -0.2) is 18.0 Å². The molecular weight excluding hydrogens is 507 g/mol. The van der Waals surface area contributed by atoms with Crippen LogP contribution in [-0.4, -0.2) is 66.9 Å². The van der Waals surface area contributed by atoms with Crippen molar-refractivity contribution in [2.45, 2.75) is 37.6 Å². The second-order valence-corrected chi connectivity index (χ2v) is 10.2. The van der Waals surface area contributed by atoms with Crippen LogP contribution in [0, 0.1) is 28.8 Å². The summed E-state index contributed by atoms with van der Waals surface area (Å²) in [6, 6.07) is 10.7. The maximum absolute atomic E-state index is 14.0. The fourth-order valence-corrected chi connectivity index (χ4v) is 5.42. The second kappa shape index (κ2) is 11.5. The van der Waals surface area contributed by atoms with Gasteiger partial charge in [0.05, 0.1) is 23.1 Å². The summed E-state index contributed by atoms with van der Waals surface area (Å²) in [4.78, 5) is 31.0. The lowest BCUT2D eigenvalue weighted by Crippen LogP contribution is -2.48. The maximum atomic E-state index is 14.0. The van der Waals surface area contributed by atoms with Crippen molar-refractivity contribution >= 4 is 11.9 Å². The first kappa shape index (κ1) is 28.2. The van der Waals surface area contributed by atoms with E-state index in [1.54, 1.807) is 26.1 Å². The summed E-state index contributed by atoms with van der Waals surface area (Å²) < 4.78 is 40.9. The Labute approximate surface area is 226 Å². The molecule has 2 aromatic rings. The lowest BCUT2D eigenvalue weighted by Gasteiger charge is -2.40. The molecule has 1 fully saturated rings. The van der Waals surface area contributed by atoms with Gasteiger partial charge in [-0.2, -0.15) is 5.26 Å². The zero-order valence-corrected chi connectivity index (χ0v) is 22.3. The zero-order chi connectivity index (χ0) is 28.3. The molecule has 4 rings (SSSR count). The van der Waals surface area contributed by atoms with Crippen LogP contribution >= 0.6 is 0 Å². The molecule has 10 heteroatoms. The van der Waals surface area contributed by atoms with E-state index < -0.39 is 23.1 Å². The van der Waals surface area contributed by atoms with Crippen LogP contribution in [0.2, 0.25) is 0 Å². The Hall–Kier alpha value is -3.84. The highest BCUT2D eigenvalue weighted by atomic mass is 19.2. The van der Waals surface area contributed by atoms with Crippen molar-refractivity contribution in [3.05, 3.63) is 82.3 Å². The van der Waals surface area contributed by atoms with E-state index >= 15 is 0 Å². The fraction of sp³-hybridized carbons (Fsp3) is 0.414. The van der Waals surface area contributed by atoms with Crippen molar-refractivity contribution in [2.24, 2.45) is 0 Å². The van der Waals surface area contributed by atoms with Gasteiger partial charge in [0.1, 0.15) is 5.82 Å². The van der Waals surface area contributed by atoms with Crippen LogP contribution < -0.4 is 5.32 Å². The van der Waals surface area contributed by atoms with E-state index in [4.69, 9.17) is 0 Å². The van der Waals surface area contributed by atoms with Gasteiger partial charge in [0.25, 0.3) is 5.91 Å². The van der Waals surface area contributed by atoms with E-state index in [0.717, 1.165) is 17.7 Å². The van der Waals surface area contributed by atoms with Gasteiger partial charge in [0.2, 0.25) is 0 Å². The van der Waals surface area contributed by atoms with E-state index in [0.29, 0.717) is 62.3 Å². The van der Waals surface area contributed by atoms with Gasteiger partial charge in [-0.15, -0.1) is 0 Å². The second-order valence-electron chi connectivity index (χ2n) is 10.2. The van der Waals surface area contributed by atoms with E-state index in [9.17, 15) is 28.0 Å². The highest BCUT2D eigenvalue weighted by molar-refractivity contribution is 5.98. The SMILES string of the molecule is CC1=C(C(=O)NCCCN2CCC(C#N)(c3ccc(F)cc3)CC2)[C@H](c2ccc(F)c(F)c2)N(C)C(=O)N1C. The Morgan fingerprint density at radius 2 is 1.74 bits per heavy atom. The molecule has 1 N–H and O–H groups in total. The van der Waals surface area contributed by atoms with Crippen molar-refractivity contribution in [3.63, 3.8) is 0 Å². The van der Waals surface area contributed by atoms with Gasteiger partial charge in [0.15, 0.2) is 11.6 Å². The minimum absolute atomic E-state index is 0.293. The number of halogens is 3. The Morgan fingerprint density at radius 3 is 2.36 bits per heavy atom. The van der Waals surface area contributed by atoms with Crippen molar-refractivity contribution in [3.8, 4) is 6.07 Å². The van der Waals surface area contributed by atoms with Crippen LogP contribution in [0.25, 0.3) is 0 Å². The van der Waals surface area contributed by atoms with Crippen LogP contribution in [0.1, 0.15) is 43.4 Å². The van der Waals surface area contributed by atoms with E-state index in [-0.39, 0.29) is 17.8 Å². The van der Waals surface area contributed by atoms with Crippen molar-refractivity contribution in [1.29, 1.82) is 5.26 Å². The number of allylic oxidation sites excluding steroid dienone is 1. The summed E-state index contributed by atoms with van der Waals surface area (Å²) in [6.45, 7) is 4.16. The number of nitrogens with zero attached hydrogens (tertiary/aromatic N) is 4. The average molecular weight is 540 g/mol. The van der Waals surface area contributed by atoms with Crippen LogP contribution in [-0.2, 0) is 10.2 Å². The summed E-state index contributed by atoms with van der Waals surface area (Å²) in [6.07, 6.45) is 1.93. The summed E-state index contributed by atoms with van der Waals surface area (Å²) in [5, 5.41) is 12.8. The van der Waals surface area contributed by atoms with Gasteiger partial charge < -0.3 is 20.0 Å². The molecule has 1 atom stereocenters. The number of carbonyl (C=O) groups excluding carboxylic acids is 2. The van der Waals surface area contributed by atoms with Crippen molar-refractivity contribution < 1.29 is 22.8 Å². The van der Waals surface area contributed by atoms with E-state index in [1.807, 2.05) is 0 Å². The molecule has 2 aliphatic heterocycles. The molecule has 2 aliphatic rings. The number of benzene rings is 2. The molecule has 0 unspecified atom stereocenters. The number of carbonyl (C=O) groups is 2. The molecule has 7 nitrogen and oxygen atoms in total. The smallest absolute Gasteiger partial charge is 0.324 e. The third-order valence-corrected chi connectivity index (χ3v) is 7.90. The molecule has 0 bridgehead atoms. The van der Waals surface area contributed by atoms with E-state index in [1.165, 1.54) is 35.0 Å². The summed E-state index contributed by atoms with van der Waals surface area (Å²) >= 11 is 0. The predicted molar refractivity (Wildman–Crippen MR) is 140 cm³/mol. The largest absolute Gasteiger partial charge is 0.352 e. The standard InChI is InChI=1S/C29H32F3N5O2/c1-19-25(26(36(3)28(39)35(19)2)20-5-10-23(31)24(32)17-20)27(38)34-13-4-14-37-15-11-29(18-33,12-16-37)21-6-8-22(30)9-7-21/h5-10,17,26H,4,11-16H2,1-3H3,(H,34,38)/t26-/m0/s1. The zero-order valence-electron chi connectivity index (χ0n) is 22.3. The number of hydrogen-bond donors (Lipinski definition) is 1. The highest BCUT2D eigenvalue weighted by Crippen LogP contribution is 2.37. The molecule has 0 spiro atoms.